The largest absolute Gasteiger partial charge is 0.365 e. The number of aromatic nitrogens is 1. The summed E-state index contributed by atoms with van der Waals surface area (Å²) in [5.41, 5.74) is 3.32. The van der Waals surface area contributed by atoms with E-state index in [1.807, 2.05) is 6.07 Å². The average molecular weight is 305 g/mol. The van der Waals surface area contributed by atoms with Gasteiger partial charge in [-0.15, -0.1) is 11.3 Å². The molecule has 0 saturated heterocycles. The lowest BCUT2D eigenvalue weighted by molar-refractivity contribution is 0.586. The molecule has 5 heteroatoms. The first kappa shape index (κ1) is 14.5. The molecule has 112 valence electrons. The van der Waals surface area contributed by atoms with Gasteiger partial charge in [-0.2, -0.15) is 0 Å². The highest BCUT2D eigenvalue weighted by molar-refractivity contribution is 7.09. The van der Waals surface area contributed by atoms with Crippen molar-refractivity contribution in [2.45, 2.75) is 39.4 Å². The Morgan fingerprint density at radius 3 is 3.10 bits per heavy atom. The Morgan fingerprint density at radius 1 is 1.43 bits per heavy atom. The maximum atomic E-state index is 13.4. The summed E-state index contributed by atoms with van der Waals surface area (Å²) in [5, 5.41) is 6.59. The standard InChI is InChI=1S/C16H20FN3S/c1-11(2)18-8-16-19-14(10-21-16)9-20-6-5-12-3-4-13(17)7-15(12)20/h3-4,7,10-11,18H,5-6,8-9H2,1-2H3. The van der Waals surface area contributed by atoms with Crippen molar-refractivity contribution in [2.24, 2.45) is 0 Å². The minimum absolute atomic E-state index is 0.166. The van der Waals surface area contributed by atoms with Gasteiger partial charge in [0.15, 0.2) is 0 Å². The number of benzene rings is 1. The summed E-state index contributed by atoms with van der Waals surface area (Å²) in [5.74, 6) is -0.166. The highest BCUT2D eigenvalue weighted by Crippen LogP contribution is 2.30. The highest BCUT2D eigenvalue weighted by Gasteiger charge is 2.20. The number of halogens is 1. The van der Waals surface area contributed by atoms with Crippen LogP contribution in [0.2, 0.25) is 0 Å². The van der Waals surface area contributed by atoms with Gasteiger partial charge in [0.05, 0.1) is 12.2 Å². The Balaban J connectivity index is 1.67. The summed E-state index contributed by atoms with van der Waals surface area (Å²) < 4.78 is 13.4. The molecule has 0 amide bonds. The van der Waals surface area contributed by atoms with E-state index in [2.05, 4.69) is 34.4 Å². The number of hydrogen-bond donors (Lipinski definition) is 1. The average Bonchev–Trinajstić information content (AvgIpc) is 3.05. The topological polar surface area (TPSA) is 28.2 Å². The van der Waals surface area contributed by atoms with Crippen LogP contribution >= 0.6 is 11.3 Å². The molecule has 1 N–H and O–H groups in total. The van der Waals surface area contributed by atoms with E-state index in [1.165, 1.54) is 5.56 Å². The first-order valence-electron chi connectivity index (χ1n) is 7.32. The third-order valence-corrected chi connectivity index (χ3v) is 4.55. The Bertz CT molecular complexity index is 624. The molecule has 1 aliphatic heterocycles. The second kappa shape index (κ2) is 6.12. The smallest absolute Gasteiger partial charge is 0.125 e. The third kappa shape index (κ3) is 3.41. The Labute approximate surface area is 128 Å². The molecule has 0 fully saturated rings. The maximum absolute atomic E-state index is 13.4. The van der Waals surface area contributed by atoms with Crippen LogP contribution in [0.15, 0.2) is 23.6 Å². The fourth-order valence-electron chi connectivity index (χ4n) is 2.57. The van der Waals surface area contributed by atoms with Crippen molar-refractivity contribution in [2.75, 3.05) is 11.4 Å². The van der Waals surface area contributed by atoms with Crippen molar-refractivity contribution in [3.05, 3.63) is 45.7 Å². The summed E-state index contributed by atoms with van der Waals surface area (Å²) in [6.07, 6.45) is 0.988. The van der Waals surface area contributed by atoms with Gasteiger partial charge in [-0.3, -0.25) is 0 Å². The molecule has 0 saturated carbocycles. The molecule has 0 radical (unpaired) electrons. The minimum atomic E-state index is -0.166. The number of anilines is 1. The molecular formula is C16H20FN3S. The van der Waals surface area contributed by atoms with E-state index in [-0.39, 0.29) is 5.82 Å². The first-order chi connectivity index (χ1) is 10.1. The van der Waals surface area contributed by atoms with Crippen LogP contribution in [0.25, 0.3) is 0 Å². The lowest BCUT2D eigenvalue weighted by Crippen LogP contribution is -2.22. The molecule has 0 bridgehead atoms. The minimum Gasteiger partial charge on any atom is -0.365 e. The van der Waals surface area contributed by atoms with E-state index < -0.39 is 0 Å². The van der Waals surface area contributed by atoms with Crippen molar-refractivity contribution in [3.8, 4) is 0 Å². The van der Waals surface area contributed by atoms with E-state index in [1.54, 1.807) is 23.5 Å². The van der Waals surface area contributed by atoms with Gasteiger partial charge in [0.2, 0.25) is 0 Å². The van der Waals surface area contributed by atoms with Crippen molar-refractivity contribution in [3.63, 3.8) is 0 Å². The zero-order chi connectivity index (χ0) is 14.8. The molecule has 1 aromatic carbocycles. The van der Waals surface area contributed by atoms with Crippen molar-refractivity contribution in [1.82, 2.24) is 10.3 Å². The van der Waals surface area contributed by atoms with Crippen molar-refractivity contribution in [1.29, 1.82) is 0 Å². The van der Waals surface area contributed by atoms with E-state index in [0.717, 1.165) is 42.4 Å². The number of fused-ring (bicyclic) bond motifs is 1. The third-order valence-electron chi connectivity index (χ3n) is 3.65. The number of nitrogens with zero attached hydrogens (tertiary/aromatic N) is 2. The van der Waals surface area contributed by atoms with Crippen molar-refractivity contribution >= 4 is 17.0 Å². The lowest BCUT2D eigenvalue weighted by Gasteiger charge is -2.18. The fraction of sp³-hybridized carbons (Fsp3) is 0.438. The van der Waals surface area contributed by atoms with E-state index in [9.17, 15) is 4.39 Å². The van der Waals surface area contributed by atoms with Crippen LogP contribution in [0.5, 0.6) is 0 Å². The molecule has 0 aliphatic carbocycles. The van der Waals surface area contributed by atoms with Crippen LogP contribution in [-0.2, 0) is 19.5 Å². The van der Waals surface area contributed by atoms with Gasteiger partial charge in [0.25, 0.3) is 0 Å². The number of rotatable bonds is 5. The predicted molar refractivity (Wildman–Crippen MR) is 85.2 cm³/mol. The van der Waals surface area contributed by atoms with Crippen LogP contribution in [0.4, 0.5) is 10.1 Å². The summed E-state index contributed by atoms with van der Waals surface area (Å²) in [6.45, 7) is 6.77. The zero-order valence-corrected chi connectivity index (χ0v) is 13.2. The summed E-state index contributed by atoms with van der Waals surface area (Å²) in [6, 6.07) is 5.53. The summed E-state index contributed by atoms with van der Waals surface area (Å²) >= 11 is 1.69. The quantitative estimate of drug-likeness (QED) is 0.918. The normalized spacial score (nSPS) is 14.0. The van der Waals surface area contributed by atoms with Crippen LogP contribution in [0.3, 0.4) is 0 Å². The second-order valence-electron chi connectivity index (χ2n) is 5.71. The van der Waals surface area contributed by atoms with Crippen LogP contribution in [0, 0.1) is 5.82 Å². The molecule has 21 heavy (non-hydrogen) atoms. The van der Waals surface area contributed by atoms with Gasteiger partial charge in [-0.1, -0.05) is 19.9 Å². The van der Waals surface area contributed by atoms with E-state index in [0.29, 0.717) is 6.04 Å². The molecular weight excluding hydrogens is 285 g/mol. The number of nitrogens with one attached hydrogen (secondary N) is 1. The molecule has 3 rings (SSSR count). The summed E-state index contributed by atoms with van der Waals surface area (Å²) in [4.78, 5) is 6.88. The SMILES string of the molecule is CC(C)NCc1nc(CN2CCc3ccc(F)cc32)cs1. The lowest BCUT2D eigenvalue weighted by atomic mass is 10.2. The Kier molecular flexibility index (Phi) is 4.22. The van der Waals surface area contributed by atoms with Gasteiger partial charge in [-0.25, -0.2) is 9.37 Å². The van der Waals surface area contributed by atoms with E-state index in [4.69, 9.17) is 0 Å². The summed E-state index contributed by atoms with van der Waals surface area (Å²) in [7, 11) is 0. The first-order valence-corrected chi connectivity index (χ1v) is 8.20. The number of thiazole rings is 1. The van der Waals surface area contributed by atoms with Crippen LogP contribution in [0.1, 0.15) is 30.1 Å². The van der Waals surface area contributed by atoms with Gasteiger partial charge >= 0.3 is 0 Å². The monoisotopic (exact) mass is 305 g/mol. The predicted octanol–water partition coefficient (Wildman–Crippen LogP) is 3.34. The second-order valence-corrected chi connectivity index (χ2v) is 6.66. The van der Waals surface area contributed by atoms with E-state index >= 15 is 0 Å². The van der Waals surface area contributed by atoms with Crippen molar-refractivity contribution < 1.29 is 4.39 Å². The molecule has 0 spiro atoms. The molecule has 0 atom stereocenters. The van der Waals surface area contributed by atoms with Gasteiger partial charge in [0, 0.05) is 30.2 Å². The van der Waals surface area contributed by atoms with Gasteiger partial charge < -0.3 is 10.2 Å². The molecule has 0 unspecified atom stereocenters. The zero-order valence-electron chi connectivity index (χ0n) is 12.4. The molecule has 3 nitrogen and oxygen atoms in total. The molecule has 1 aliphatic rings. The van der Waals surface area contributed by atoms with Gasteiger partial charge in [-0.05, 0) is 24.1 Å². The molecule has 2 heterocycles. The Hall–Kier alpha value is -1.46. The maximum Gasteiger partial charge on any atom is 0.125 e. The van der Waals surface area contributed by atoms with Crippen LogP contribution < -0.4 is 10.2 Å². The fourth-order valence-corrected chi connectivity index (χ4v) is 3.31. The highest BCUT2D eigenvalue weighted by atomic mass is 32.1. The molecule has 1 aromatic heterocycles. The van der Waals surface area contributed by atoms with Crippen LogP contribution in [-0.4, -0.2) is 17.6 Å². The van der Waals surface area contributed by atoms with Gasteiger partial charge in [0.1, 0.15) is 10.8 Å². The molecule has 2 aromatic rings. The Morgan fingerprint density at radius 2 is 2.29 bits per heavy atom. The number of hydrogen-bond acceptors (Lipinski definition) is 4.